The van der Waals surface area contributed by atoms with E-state index in [1.54, 1.807) is 48.2 Å². The van der Waals surface area contributed by atoms with Gasteiger partial charge in [-0.05, 0) is 79.8 Å². The summed E-state index contributed by atoms with van der Waals surface area (Å²) >= 11 is 6.05. The van der Waals surface area contributed by atoms with Crippen LogP contribution in [-0.2, 0) is 22.5 Å². The lowest BCUT2D eigenvalue weighted by molar-refractivity contribution is -0.143. The van der Waals surface area contributed by atoms with E-state index in [9.17, 15) is 14.9 Å². The first-order valence-electron chi connectivity index (χ1n) is 16.7. The minimum Gasteiger partial charge on any atom is -0.497 e. The maximum atomic E-state index is 13.6. The monoisotopic (exact) mass is 689 g/mol. The van der Waals surface area contributed by atoms with Gasteiger partial charge in [0.15, 0.2) is 0 Å². The van der Waals surface area contributed by atoms with Gasteiger partial charge in [-0.25, -0.2) is 9.97 Å². The Bertz CT molecular complexity index is 2240. The highest BCUT2D eigenvalue weighted by Crippen LogP contribution is 2.37. The first-order valence-corrected chi connectivity index (χ1v) is 17.1. The Morgan fingerprint density at radius 2 is 1.88 bits per heavy atom. The molecular weight excluding hydrogens is 654 g/mol. The van der Waals surface area contributed by atoms with Gasteiger partial charge in [0.25, 0.3) is 5.91 Å². The molecule has 1 aliphatic rings. The summed E-state index contributed by atoms with van der Waals surface area (Å²) in [6.45, 7) is 2.34. The molecule has 0 saturated heterocycles. The molecule has 6 aromatic rings. The molecule has 1 saturated carbocycles. The summed E-state index contributed by atoms with van der Waals surface area (Å²) in [6.07, 6.45) is 12.3. The number of nitriles is 1. The van der Waals surface area contributed by atoms with Gasteiger partial charge in [0.1, 0.15) is 24.3 Å². The number of hydrogen-bond donors (Lipinski definition) is 0. The van der Waals surface area contributed by atoms with Crippen molar-refractivity contribution in [2.75, 3.05) is 13.7 Å². The average molecular weight is 690 g/mol. The van der Waals surface area contributed by atoms with E-state index >= 15 is 0 Å². The average Bonchev–Trinajstić information content (AvgIpc) is 3.95. The van der Waals surface area contributed by atoms with E-state index in [0.717, 1.165) is 40.5 Å². The number of carbonyl (C=O) groups is 2. The summed E-state index contributed by atoms with van der Waals surface area (Å²) in [5.41, 5.74) is 4.83. The molecule has 12 heteroatoms. The fourth-order valence-electron chi connectivity index (χ4n) is 7.22. The topological polar surface area (TPSA) is 130 Å². The highest BCUT2D eigenvalue weighted by atomic mass is 35.5. The largest absolute Gasteiger partial charge is 0.497 e. The Labute approximate surface area is 294 Å². The smallest absolute Gasteiger partial charge is 0.310 e. The van der Waals surface area contributed by atoms with Crippen molar-refractivity contribution in [2.24, 2.45) is 5.92 Å². The van der Waals surface area contributed by atoms with E-state index < -0.39 is 5.97 Å². The summed E-state index contributed by atoms with van der Waals surface area (Å²) in [5, 5.41) is 16.3. The van der Waals surface area contributed by atoms with Crippen molar-refractivity contribution in [2.45, 2.75) is 58.0 Å². The van der Waals surface area contributed by atoms with E-state index in [0.29, 0.717) is 52.0 Å². The second-order valence-corrected chi connectivity index (χ2v) is 13.1. The van der Waals surface area contributed by atoms with Crippen LogP contribution in [0.25, 0.3) is 33.2 Å². The molecular formula is C38H36ClN7O4. The lowest BCUT2D eigenvalue weighted by Crippen LogP contribution is -2.17. The number of fused-ring (bicyclic) bond motifs is 2. The third-order valence-electron chi connectivity index (χ3n) is 9.77. The number of halogens is 1. The van der Waals surface area contributed by atoms with Gasteiger partial charge in [0.2, 0.25) is 0 Å². The normalized spacial score (nSPS) is 13.9. The molecule has 0 unspecified atom stereocenters. The van der Waals surface area contributed by atoms with Gasteiger partial charge < -0.3 is 14.0 Å². The van der Waals surface area contributed by atoms with Crippen molar-refractivity contribution in [3.8, 4) is 23.1 Å². The minimum atomic E-state index is -0.415. The molecule has 1 atom stereocenters. The zero-order valence-corrected chi connectivity index (χ0v) is 28.6. The third-order valence-corrected chi connectivity index (χ3v) is 10.0. The summed E-state index contributed by atoms with van der Waals surface area (Å²) < 4.78 is 16.7. The highest BCUT2D eigenvalue weighted by Gasteiger charge is 2.28. The molecule has 4 heterocycles. The van der Waals surface area contributed by atoms with Crippen molar-refractivity contribution in [3.05, 3.63) is 95.3 Å². The van der Waals surface area contributed by atoms with Crippen molar-refractivity contribution < 1.29 is 19.1 Å². The number of aromatic nitrogens is 6. The molecule has 4 aromatic heterocycles. The first kappa shape index (κ1) is 33.0. The van der Waals surface area contributed by atoms with Crippen molar-refractivity contribution in [3.63, 3.8) is 0 Å². The van der Waals surface area contributed by atoms with E-state index in [-0.39, 0.29) is 25.0 Å². The molecule has 1 fully saturated rings. The van der Waals surface area contributed by atoms with Crippen molar-refractivity contribution >= 4 is 45.4 Å². The van der Waals surface area contributed by atoms with Crippen LogP contribution in [0.15, 0.2) is 73.4 Å². The van der Waals surface area contributed by atoms with E-state index in [4.69, 9.17) is 21.1 Å². The second-order valence-electron chi connectivity index (χ2n) is 12.6. The van der Waals surface area contributed by atoms with Crippen LogP contribution in [0.4, 0.5) is 0 Å². The number of rotatable bonds is 11. The Kier molecular flexibility index (Phi) is 9.37. The van der Waals surface area contributed by atoms with Crippen molar-refractivity contribution in [1.82, 2.24) is 28.9 Å². The zero-order chi connectivity index (χ0) is 34.8. The van der Waals surface area contributed by atoms with Gasteiger partial charge in [-0.2, -0.15) is 10.4 Å². The van der Waals surface area contributed by atoms with Crippen LogP contribution in [0.5, 0.6) is 5.75 Å². The summed E-state index contributed by atoms with van der Waals surface area (Å²) in [7, 11) is 1.58. The molecule has 11 nitrogen and oxygen atoms in total. The molecule has 254 valence electrons. The van der Waals surface area contributed by atoms with Crippen molar-refractivity contribution in [1.29, 1.82) is 5.26 Å². The zero-order valence-electron chi connectivity index (χ0n) is 27.9. The Morgan fingerprint density at radius 1 is 1.08 bits per heavy atom. The molecule has 0 bridgehead atoms. The Morgan fingerprint density at radius 3 is 2.64 bits per heavy atom. The first-order chi connectivity index (χ1) is 24.4. The summed E-state index contributed by atoms with van der Waals surface area (Å²) in [4.78, 5) is 36.0. The van der Waals surface area contributed by atoms with Gasteiger partial charge in [0.05, 0.1) is 56.0 Å². The van der Waals surface area contributed by atoms with E-state index in [1.807, 2.05) is 46.8 Å². The van der Waals surface area contributed by atoms with Crippen LogP contribution in [0.3, 0.4) is 0 Å². The number of benzene rings is 2. The summed E-state index contributed by atoms with van der Waals surface area (Å²) in [6, 6.07) is 16.5. The lowest BCUT2D eigenvalue weighted by atomic mass is 9.96. The highest BCUT2D eigenvalue weighted by molar-refractivity contribution is 6.30. The van der Waals surface area contributed by atoms with Crippen LogP contribution < -0.4 is 4.74 Å². The number of ether oxygens (including phenoxy) is 2. The quantitative estimate of drug-likeness (QED) is 0.129. The lowest BCUT2D eigenvalue weighted by Gasteiger charge is -2.21. The number of methoxy groups -OCH3 is 1. The van der Waals surface area contributed by atoms with Crippen LogP contribution in [0.1, 0.15) is 59.8 Å². The maximum absolute atomic E-state index is 13.6. The predicted molar refractivity (Wildman–Crippen MR) is 189 cm³/mol. The third kappa shape index (κ3) is 6.34. The van der Waals surface area contributed by atoms with Crippen LogP contribution in [0, 0.1) is 24.2 Å². The molecule has 2 aromatic carbocycles. The maximum Gasteiger partial charge on any atom is 0.310 e. The Balaban J connectivity index is 1.07. The minimum absolute atomic E-state index is 0.0210. The van der Waals surface area contributed by atoms with Gasteiger partial charge in [-0.3, -0.25) is 18.8 Å². The standard InChI is InChI=1S/C38H36ClN7O4/c1-24-31(32-19-29(49-2)11-12-34(32)46(24)38(48)26-7-9-28(39)10-8-26)20-35(47)50-18-17-44-16-14-30-36(41-23-42-37(30)44)27-21-43-45(22-27)33(13-15-40)25-5-3-4-6-25/h7-12,14,16,19,21-23,25,33H,3-6,13,17-18,20H2,1-2H3/t33-/m1/s1. The molecule has 0 N–H and O–H groups in total. The van der Waals surface area contributed by atoms with Crippen LogP contribution in [-0.4, -0.2) is 54.5 Å². The number of carbonyl (C=O) groups excluding carboxylic acids is 2. The fraction of sp³-hybridized carbons (Fsp3) is 0.316. The van der Waals surface area contributed by atoms with Gasteiger partial charge in [0, 0.05) is 45.0 Å². The van der Waals surface area contributed by atoms with Crippen LogP contribution >= 0.6 is 11.6 Å². The molecule has 50 heavy (non-hydrogen) atoms. The fourth-order valence-corrected chi connectivity index (χ4v) is 7.34. The second kappa shape index (κ2) is 14.2. The van der Waals surface area contributed by atoms with E-state index in [1.165, 1.54) is 19.2 Å². The summed E-state index contributed by atoms with van der Waals surface area (Å²) in [5.74, 6) is 0.436. The van der Waals surface area contributed by atoms with Gasteiger partial charge in [-0.1, -0.05) is 24.4 Å². The van der Waals surface area contributed by atoms with Gasteiger partial charge >= 0.3 is 5.97 Å². The molecule has 7 rings (SSSR count). The predicted octanol–water partition coefficient (Wildman–Crippen LogP) is 7.34. The molecule has 0 amide bonds. The SMILES string of the molecule is COc1ccc2c(c1)c(CC(=O)OCCn1ccc3c(-c4cnn([C@H](CC#N)C5CCCC5)c4)ncnc31)c(C)n2C(=O)c1ccc(Cl)cc1. The molecule has 0 radical (unpaired) electrons. The Hall–Kier alpha value is -5.47. The molecule has 1 aliphatic carbocycles. The van der Waals surface area contributed by atoms with Gasteiger partial charge in [-0.15, -0.1) is 0 Å². The number of esters is 1. The number of hydrogen-bond acceptors (Lipinski definition) is 8. The van der Waals surface area contributed by atoms with Crippen LogP contribution in [0.2, 0.25) is 5.02 Å². The molecule has 0 spiro atoms. The molecule has 0 aliphatic heterocycles. The van der Waals surface area contributed by atoms with E-state index in [2.05, 4.69) is 21.1 Å². The number of nitrogens with zero attached hydrogens (tertiary/aromatic N) is 7.